The first-order valence-electron chi connectivity index (χ1n) is 8.60. The van der Waals surface area contributed by atoms with Gasteiger partial charge in [0, 0.05) is 13.1 Å². The van der Waals surface area contributed by atoms with E-state index in [0.717, 1.165) is 43.4 Å². The van der Waals surface area contributed by atoms with Crippen LogP contribution in [0, 0.1) is 0 Å². The van der Waals surface area contributed by atoms with Gasteiger partial charge in [0.1, 0.15) is 5.82 Å². The lowest BCUT2D eigenvalue weighted by Crippen LogP contribution is -2.38. The van der Waals surface area contributed by atoms with Gasteiger partial charge in [-0.05, 0) is 24.6 Å². The van der Waals surface area contributed by atoms with Crippen molar-refractivity contribution in [2.24, 2.45) is 0 Å². The van der Waals surface area contributed by atoms with E-state index in [0.29, 0.717) is 6.54 Å². The van der Waals surface area contributed by atoms with E-state index in [2.05, 4.69) is 20.5 Å². The second-order valence-corrected chi connectivity index (χ2v) is 6.05. The number of ether oxygens (including phenoxy) is 1. The number of pyridine rings is 1. The fourth-order valence-electron chi connectivity index (χ4n) is 2.78. The number of aromatic nitrogens is 1. The molecule has 2 amide bonds. The molecule has 0 bridgehead atoms. The third-order valence-corrected chi connectivity index (χ3v) is 4.20. The van der Waals surface area contributed by atoms with Gasteiger partial charge in [0.25, 0.3) is 0 Å². The molecule has 0 radical (unpaired) electrons. The highest BCUT2D eigenvalue weighted by molar-refractivity contribution is 5.74. The maximum absolute atomic E-state index is 12.1. The third-order valence-electron chi connectivity index (χ3n) is 4.20. The van der Waals surface area contributed by atoms with Crippen molar-refractivity contribution in [3.8, 4) is 0 Å². The fraction of sp³-hybridized carbons (Fsp3) is 0.368. The Labute approximate surface area is 148 Å². The molecule has 2 heterocycles. The van der Waals surface area contributed by atoms with Crippen LogP contribution in [0.3, 0.4) is 0 Å². The van der Waals surface area contributed by atoms with Crippen LogP contribution in [0.2, 0.25) is 0 Å². The number of nitrogens with one attached hydrogen (secondary N) is 2. The van der Waals surface area contributed by atoms with Crippen LogP contribution in [0.4, 0.5) is 10.6 Å². The molecule has 1 fully saturated rings. The number of benzene rings is 1. The van der Waals surface area contributed by atoms with E-state index in [1.807, 2.05) is 55.5 Å². The summed E-state index contributed by atoms with van der Waals surface area (Å²) in [5.74, 6) is 0.931. The van der Waals surface area contributed by atoms with Crippen LogP contribution < -0.4 is 15.5 Å². The van der Waals surface area contributed by atoms with E-state index >= 15 is 0 Å². The summed E-state index contributed by atoms with van der Waals surface area (Å²) in [6, 6.07) is 15.5. The maximum atomic E-state index is 12.1. The second kappa shape index (κ2) is 8.48. The highest BCUT2D eigenvalue weighted by Crippen LogP contribution is 2.13. The predicted molar refractivity (Wildman–Crippen MR) is 97.5 cm³/mol. The summed E-state index contributed by atoms with van der Waals surface area (Å²) in [6.07, 6.45) is 0. The first-order chi connectivity index (χ1) is 12.2. The minimum atomic E-state index is -0.199. The molecule has 1 atom stereocenters. The number of hydrogen-bond acceptors (Lipinski definition) is 4. The lowest BCUT2D eigenvalue weighted by Gasteiger charge is -2.28. The van der Waals surface area contributed by atoms with E-state index in [-0.39, 0.29) is 12.1 Å². The van der Waals surface area contributed by atoms with Gasteiger partial charge in [0.15, 0.2) is 0 Å². The van der Waals surface area contributed by atoms with Gasteiger partial charge < -0.3 is 20.3 Å². The maximum Gasteiger partial charge on any atom is 0.315 e. The van der Waals surface area contributed by atoms with Gasteiger partial charge in [0.05, 0.1) is 31.5 Å². The van der Waals surface area contributed by atoms with Crippen LogP contribution in [-0.2, 0) is 11.3 Å². The van der Waals surface area contributed by atoms with Gasteiger partial charge in [-0.25, -0.2) is 9.78 Å². The summed E-state index contributed by atoms with van der Waals surface area (Å²) in [7, 11) is 0. The van der Waals surface area contributed by atoms with Crippen molar-refractivity contribution in [3.63, 3.8) is 0 Å². The molecule has 1 aromatic carbocycles. The number of carbonyl (C=O) groups is 1. The van der Waals surface area contributed by atoms with Crippen molar-refractivity contribution in [1.29, 1.82) is 0 Å². The summed E-state index contributed by atoms with van der Waals surface area (Å²) < 4.78 is 5.37. The molecular formula is C19H24N4O2. The molecule has 0 spiro atoms. The lowest BCUT2D eigenvalue weighted by atomic mass is 10.1. The van der Waals surface area contributed by atoms with Gasteiger partial charge in [-0.3, -0.25) is 0 Å². The van der Waals surface area contributed by atoms with Gasteiger partial charge in [-0.1, -0.05) is 36.4 Å². The first-order valence-corrected chi connectivity index (χ1v) is 8.60. The molecule has 6 heteroatoms. The van der Waals surface area contributed by atoms with Crippen molar-refractivity contribution >= 4 is 11.8 Å². The number of hydrogen-bond donors (Lipinski definition) is 2. The predicted octanol–water partition coefficient (Wildman–Crippen LogP) is 2.48. The molecule has 132 valence electrons. The highest BCUT2D eigenvalue weighted by atomic mass is 16.5. The minimum absolute atomic E-state index is 0.0474. The van der Waals surface area contributed by atoms with Crippen LogP contribution in [0.15, 0.2) is 48.5 Å². The van der Waals surface area contributed by atoms with Gasteiger partial charge in [-0.15, -0.1) is 0 Å². The number of nitrogens with zero attached hydrogens (tertiary/aromatic N) is 2. The van der Waals surface area contributed by atoms with Crippen molar-refractivity contribution < 1.29 is 9.53 Å². The van der Waals surface area contributed by atoms with Gasteiger partial charge in [0.2, 0.25) is 0 Å². The summed E-state index contributed by atoms with van der Waals surface area (Å²) in [4.78, 5) is 18.9. The van der Waals surface area contributed by atoms with Gasteiger partial charge >= 0.3 is 6.03 Å². The standard InChI is InChI=1S/C19H24N4O2/c1-15(16-6-3-2-4-7-16)21-19(24)20-14-17-8-5-9-18(22-17)23-10-12-25-13-11-23/h2-9,15H,10-14H2,1H3,(H2,20,21,24)/t15-/m0/s1. The Bertz CT molecular complexity index is 687. The number of urea groups is 1. The molecule has 2 aromatic rings. The number of anilines is 1. The van der Waals surface area contributed by atoms with E-state index < -0.39 is 0 Å². The quantitative estimate of drug-likeness (QED) is 0.877. The second-order valence-electron chi connectivity index (χ2n) is 6.05. The zero-order chi connectivity index (χ0) is 17.5. The normalized spacial score (nSPS) is 15.5. The Kier molecular flexibility index (Phi) is 5.85. The zero-order valence-electron chi connectivity index (χ0n) is 14.4. The highest BCUT2D eigenvalue weighted by Gasteiger charge is 2.13. The first kappa shape index (κ1) is 17.2. The van der Waals surface area contributed by atoms with E-state index in [4.69, 9.17) is 4.74 Å². The molecule has 1 aromatic heterocycles. The van der Waals surface area contributed by atoms with Crippen LogP contribution in [0.1, 0.15) is 24.2 Å². The van der Waals surface area contributed by atoms with Crippen LogP contribution in [-0.4, -0.2) is 37.3 Å². The number of amides is 2. The molecule has 1 aliphatic heterocycles. The molecule has 0 saturated carbocycles. The van der Waals surface area contributed by atoms with Gasteiger partial charge in [-0.2, -0.15) is 0 Å². The average Bonchev–Trinajstić information content (AvgIpc) is 2.68. The minimum Gasteiger partial charge on any atom is -0.378 e. The lowest BCUT2D eigenvalue weighted by molar-refractivity contribution is 0.122. The smallest absolute Gasteiger partial charge is 0.315 e. The SMILES string of the molecule is C[C@H](NC(=O)NCc1cccc(N2CCOCC2)n1)c1ccccc1. The fourth-order valence-corrected chi connectivity index (χ4v) is 2.78. The number of rotatable bonds is 5. The largest absolute Gasteiger partial charge is 0.378 e. The topological polar surface area (TPSA) is 66.5 Å². The molecular weight excluding hydrogens is 316 g/mol. The molecule has 6 nitrogen and oxygen atoms in total. The Balaban J connectivity index is 1.52. The number of carbonyl (C=O) groups excluding carboxylic acids is 1. The molecule has 3 rings (SSSR count). The van der Waals surface area contributed by atoms with Crippen molar-refractivity contribution in [2.75, 3.05) is 31.2 Å². The van der Waals surface area contributed by atoms with Crippen molar-refractivity contribution in [1.82, 2.24) is 15.6 Å². The van der Waals surface area contributed by atoms with Crippen LogP contribution >= 0.6 is 0 Å². The van der Waals surface area contributed by atoms with Crippen LogP contribution in [0.25, 0.3) is 0 Å². The van der Waals surface area contributed by atoms with Crippen molar-refractivity contribution in [2.45, 2.75) is 19.5 Å². The summed E-state index contributed by atoms with van der Waals surface area (Å²) in [5.41, 5.74) is 1.91. The number of morpholine rings is 1. The summed E-state index contributed by atoms with van der Waals surface area (Å²) >= 11 is 0. The molecule has 2 N–H and O–H groups in total. The van der Waals surface area contributed by atoms with Crippen molar-refractivity contribution in [3.05, 3.63) is 59.8 Å². The Morgan fingerprint density at radius 1 is 1.16 bits per heavy atom. The Morgan fingerprint density at radius 3 is 2.68 bits per heavy atom. The monoisotopic (exact) mass is 340 g/mol. The molecule has 1 saturated heterocycles. The molecule has 1 aliphatic rings. The Morgan fingerprint density at radius 2 is 1.92 bits per heavy atom. The summed E-state index contributed by atoms with van der Waals surface area (Å²) in [5, 5.41) is 5.81. The molecule has 0 aliphatic carbocycles. The van der Waals surface area contributed by atoms with E-state index in [9.17, 15) is 4.79 Å². The third kappa shape index (κ3) is 4.93. The summed E-state index contributed by atoms with van der Waals surface area (Å²) in [6.45, 7) is 5.50. The zero-order valence-corrected chi connectivity index (χ0v) is 14.4. The molecule has 25 heavy (non-hydrogen) atoms. The van der Waals surface area contributed by atoms with E-state index in [1.54, 1.807) is 0 Å². The molecule has 0 unspecified atom stereocenters. The Hall–Kier alpha value is -2.60. The van der Waals surface area contributed by atoms with Crippen LogP contribution in [0.5, 0.6) is 0 Å². The van der Waals surface area contributed by atoms with E-state index in [1.165, 1.54) is 0 Å². The average molecular weight is 340 g/mol.